The zero-order chi connectivity index (χ0) is 30.1. The van der Waals surface area contributed by atoms with Crippen LogP contribution in [-0.2, 0) is 0 Å². The van der Waals surface area contributed by atoms with Gasteiger partial charge in [-0.15, -0.1) is 0 Å². The van der Waals surface area contributed by atoms with E-state index in [1.54, 1.807) is 0 Å². The van der Waals surface area contributed by atoms with Crippen LogP contribution in [0.25, 0.3) is 58.4 Å². The third-order valence-corrected chi connectivity index (χ3v) is 7.96. The first-order valence-corrected chi connectivity index (χ1v) is 15.2. The Morgan fingerprint density at radius 2 is 0.705 bits per heavy atom. The molecule has 0 spiro atoms. The average Bonchev–Trinajstić information content (AvgIpc) is 3.08. The zero-order valence-corrected chi connectivity index (χ0v) is 25.3. The van der Waals surface area contributed by atoms with Gasteiger partial charge in [-0.1, -0.05) is 170 Å². The number of rotatable bonds is 8. The Bertz CT molecular complexity index is 1820. The average molecular weight is 565 g/mol. The second-order valence-electron chi connectivity index (χ2n) is 11.2. The van der Waals surface area contributed by atoms with Crippen LogP contribution in [0.1, 0.15) is 58.4 Å². The summed E-state index contributed by atoms with van der Waals surface area (Å²) in [5.74, 6) is 0. The van der Waals surface area contributed by atoms with Gasteiger partial charge in [-0.05, 0) is 92.4 Å². The summed E-state index contributed by atoms with van der Waals surface area (Å²) in [6, 6.07) is 51.7. The molecule has 0 heteroatoms. The van der Waals surface area contributed by atoms with E-state index in [0.717, 1.165) is 0 Å². The molecule has 0 aromatic heterocycles. The lowest BCUT2D eigenvalue weighted by molar-refractivity contribution is 1.56. The van der Waals surface area contributed by atoms with Crippen molar-refractivity contribution in [1.82, 2.24) is 0 Å². The van der Waals surface area contributed by atoms with Crippen molar-refractivity contribution in [3.63, 3.8) is 0 Å². The Balaban J connectivity index is 1.22. The first kappa shape index (κ1) is 28.6. The molecule has 0 heterocycles. The number of hydrogen-bond acceptors (Lipinski definition) is 0. The second-order valence-corrected chi connectivity index (χ2v) is 11.2. The predicted molar refractivity (Wildman–Crippen MR) is 195 cm³/mol. The van der Waals surface area contributed by atoms with E-state index in [1.165, 1.54) is 66.4 Å². The fraction of sp³-hybridized carbons (Fsp3) is 0.0455. The van der Waals surface area contributed by atoms with Crippen LogP contribution < -0.4 is 0 Å². The van der Waals surface area contributed by atoms with Crippen molar-refractivity contribution in [3.8, 4) is 0 Å². The standard InChI is InChI=1S/C44H36/c1-33(39-11-5-3-6-12-39)29-37-21-17-35(18-22-37)25-27-43-31-41-15-9-10-16-42(41)32-44(43)28-26-36-19-23-38(24-20-36)30-34(2)40-13-7-4-8-14-40/h3-32H,1-2H3/b27-25+,28-26+,33-29+,34-30+. The lowest BCUT2D eigenvalue weighted by Gasteiger charge is -2.06. The predicted octanol–water partition coefficient (Wildman–Crippen LogP) is 12.3. The van der Waals surface area contributed by atoms with Crippen LogP contribution in [0.2, 0.25) is 0 Å². The highest BCUT2D eigenvalue weighted by Crippen LogP contribution is 2.25. The van der Waals surface area contributed by atoms with E-state index in [9.17, 15) is 0 Å². The van der Waals surface area contributed by atoms with Crippen molar-refractivity contribution in [1.29, 1.82) is 0 Å². The van der Waals surface area contributed by atoms with Gasteiger partial charge in [-0.2, -0.15) is 0 Å². The molecular formula is C44H36. The van der Waals surface area contributed by atoms with Crippen LogP contribution in [0, 0.1) is 0 Å². The highest BCUT2D eigenvalue weighted by Gasteiger charge is 2.02. The van der Waals surface area contributed by atoms with Crippen LogP contribution in [0.15, 0.2) is 146 Å². The summed E-state index contributed by atoms with van der Waals surface area (Å²) >= 11 is 0. The smallest absolute Gasteiger partial charge is 0.0177 e. The van der Waals surface area contributed by atoms with Crippen molar-refractivity contribution in [2.45, 2.75) is 13.8 Å². The minimum Gasteiger partial charge on any atom is -0.0622 e. The highest BCUT2D eigenvalue weighted by atomic mass is 14.1. The van der Waals surface area contributed by atoms with Gasteiger partial charge in [0.15, 0.2) is 0 Å². The van der Waals surface area contributed by atoms with Gasteiger partial charge in [-0.25, -0.2) is 0 Å². The molecular weight excluding hydrogens is 528 g/mol. The van der Waals surface area contributed by atoms with E-state index in [4.69, 9.17) is 0 Å². The van der Waals surface area contributed by atoms with Gasteiger partial charge in [0.1, 0.15) is 0 Å². The summed E-state index contributed by atoms with van der Waals surface area (Å²) in [5, 5.41) is 2.48. The first-order chi connectivity index (χ1) is 21.6. The van der Waals surface area contributed by atoms with Crippen molar-refractivity contribution in [3.05, 3.63) is 190 Å². The molecule has 0 nitrogen and oxygen atoms in total. The minimum atomic E-state index is 1.18. The Morgan fingerprint density at radius 3 is 1.09 bits per heavy atom. The van der Waals surface area contributed by atoms with Gasteiger partial charge in [0, 0.05) is 0 Å². The van der Waals surface area contributed by atoms with E-state index in [0.29, 0.717) is 0 Å². The molecule has 0 atom stereocenters. The maximum absolute atomic E-state index is 2.28. The third-order valence-electron chi connectivity index (χ3n) is 7.96. The summed E-state index contributed by atoms with van der Waals surface area (Å²) in [6.07, 6.45) is 13.3. The van der Waals surface area contributed by atoms with Gasteiger partial charge >= 0.3 is 0 Å². The molecule has 0 saturated carbocycles. The van der Waals surface area contributed by atoms with Gasteiger partial charge in [0.25, 0.3) is 0 Å². The van der Waals surface area contributed by atoms with Crippen molar-refractivity contribution in [2.24, 2.45) is 0 Å². The molecule has 0 bridgehead atoms. The molecule has 0 radical (unpaired) electrons. The summed E-state index contributed by atoms with van der Waals surface area (Å²) in [7, 11) is 0. The topological polar surface area (TPSA) is 0 Å². The molecule has 44 heavy (non-hydrogen) atoms. The van der Waals surface area contributed by atoms with E-state index >= 15 is 0 Å². The molecule has 0 aliphatic heterocycles. The zero-order valence-electron chi connectivity index (χ0n) is 25.3. The second kappa shape index (κ2) is 13.7. The molecule has 0 aliphatic carbocycles. The van der Waals surface area contributed by atoms with E-state index in [2.05, 4.69) is 196 Å². The fourth-order valence-corrected chi connectivity index (χ4v) is 5.41. The Labute approximate surface area is 261 Å². The first-order valence-electron chi connectivity index (χ1n) is 15.2. The fourth-order valence-electron chi connectivity index (χ4n) is 5.41. The number of benzene rings is 6. The van der Waals surface area contributed by atoms with E-state index in [1.807, 2.05) is 0 Å². The van der Waals surface area contributed by atoms with Crippen molar-refractivity contribution >= 4 is 58.4 Å². The SMILES string of the molecule is C/C(=C\c1ccc(/C=C/c2cc3ccccc3cc2/C=C/c2ccc(/C=C(\C)c3ccccc3)cc2)cc1)c1ccccc1. The van der Waals surface area contributed by atoms with Crippen LogP contribution in [0.4, 0.5) is 0 Å². The Kier molecular flexibility index (Phi) is 8.90. The van der Waals surface area contributed by atoms with Crippen LogP contribution >= 0.6 is 0 Å². The number of hydrogen-bond donors (Lipinski definition) is 0. The van der Waals surface area contributed by atoms with Crippen molar-refractivity contribution in [2.75, 3.05) is 0 Å². The lowest BCUT2D eigenvalue weighted by Crippen LogP contribution is -1.84. The number of fused-ring (bicyclic) bond motifs is 1. The molecule has 0 amide bonds. The van der Waals surface area contributed by atoms with Crippen molar-refractivity contribution < 1.29 is 0 Å². The maximum Gasteiger partial charge on any atom is -0.0177 e. The Hall–Kier alpha value is -5.46. The lowest BCUT2D eigenvalue weighted by atomic mass is 9.98. The van der Waals surface area contributed by atoms with Gasteiger partial charge < -0.3 is 0 Å². The molecule has 0 N–H and O–H groups in total. The van der Waals surface area contributed by atoms with E-state index < -0.39 is 0 Å². The quantitative estimate of drug-likeness (QED) is 0.161. The third kappa shape index (κ3) is 7.30. The normalized spacial score (nSPS) is 12.4. The van der Waals surface area contributed by atoms with E-state index in [-0.39, 0.29) is 0 Å². The maximum atomic E-state index is 2.28. The summed E-state index contributed by atoms with van der Waals surface area (Å²) in [6.45, 7) is 4.33. The Morgan fingerprint density at radius 1 is 0.364 bits per heavy atom. The van der Waals surface area contributed by atoms with Gasteiger partial charge in [0.2, 0.25) is 0 Å². The molecule has 0 aliphatic rings. The van der Waals surface area contributed by atoms with Crippen LogP contribution in [-0.4, -0.2) is 0 Å². The minimum absolute atomic E-state index is 1.18. The monoisotopic (exact) mass is 564 g/mol. The molecule has 0 saturated heterocycles. The number of allylic oxidation sites excluding steroid dienone is 2. The largest absolute Gasteiger partial charge is 0.0622 e. The molecule has 6 rings (SSSR count). The van der Waals surface area contributed by atoms with Crippen LogP contribution in [0.5, 0.6) is 0 Å². The van der Waals surface area contributed by atoms with Crippen LogP contribution in [0.3, 0.4) is 0 Å². The molecule has 0 fully saturated rings. The summed E-state index contributed by atoms with van der Waals surface area (Å²) in [5.41, 5.74) is 12.2. The van der Waals surface area contributed by atoms with Gasteiger partial charge in [0.05, 0.1) is 0 Å². The van der Waals surface area contributed by atoms with Gasteiger partial charge in [-0.3, -0.25) is 0 Å². The molecule has 212 valence electrons. The summed E-state index contributed by atoms with van der Waals surface area (Å²) < 4.78 is 0. The highest BCUT2D eigenvalue weighted by molar-refractivity contribution is 5.91. The summed E-state index contributed by atoms with van der Waals surface area (Å²) in [4.78, 5) is 0. The molecule has 0 unspecified atom stereocenters. The molecule has 6 aromatic carbocycles. The molecule has 6 aromatic rings.